The van der Waals surface area contributed by atoms with Gasteiger partial charge >= 0.3 is 0 Å². The van der Waals surface area contributed by atoms with Crippen LogP contribution in [0, 0.1) is 12.8 Å². The summed E-state index contributed by atoms with van der Waals surface area (Å²) in [5.74, 6) is 1.14. The molecule has 8 nitrogen and oxygen atoms in total. The summed E-state index contributed by atoms with van der Waals surface area (Å²) in [5, 5.41) is 12.6. The zero-order chi connectivity index (χ0) is 22.5. The number of thiazole rings is 1. The number of nitrogens with zero attached hydrogens (tertiary/aromatic N) is 3. The Morgan fingerprint density at radius 3 is 2.84 bits per heavy atom. The highest BCUT2D eigenvalue weighted by Crippen LogP contribution is 2.27. The van der Waals surface area contributed by atoms with Crippen LogP contribution in [0.4, 0.5) is 5.13 Å². The van der Waals surface area contributed by atoms with E-state index in [-0.39, 0.29) is 11.8 Å². The van der Waals surface area contributed by atoms with E-state index in [1.54, 1.807) is 28.3 Å². The van der Waals surface area contributed by atoms with E-state index in [1.165, 1.54) is 24.3 Å². The lowest BCUT2D eigenvalue weighted by Gasteiger charge is -2.05. The number of anilines is 1. The molecule has 0 radical (unpaired) electrons. The Kier molecular flexibility index (Phi) is 7.29. The molecule has 0 saturated heterocycles. The second-order valence-electron chi connectivity index (χ2n) is 7.40. The largest absolute Gasteiger partial charge is 0.458 e. The molecule has 2 amide bonds. The molecule has 10 heteroatoms. The highest BCUT2D eigenvalue weighted by atomic mass is 35.5. The van der Waals surface area contributed by atoms with Crippen molar-refractivity contribution in [1.29, 1.82) is 0 Å². The molecular weight excluding hydrogens is 438 g/mol. The standard InChI is InChI=1S/C21H24ClN5O3S/c1-12(2)10-27-20(22)16(13(3)26-27)6-8-19(29)25-21-24-17(11-31-21)18-7-5-15(30-18)9-23-14(4)28/h5-8,11-12H,9-10H2,1-4H3,(H,23,28)(H,24,25,29)/b8-6+. The molecule has 0 atom stereocenters. The molecule has 3 aromatic rings. The van der Waals surface area contributed by atoms with Crippen molar-refractivity contribution >= 4 is 46.0 Å². The van der Waals surface area contributed by atoms with Crippen molar-refractivity contribution in [1.82, 2.24) is 20.1 Å². The monoisotopic (exact) mass is 461 g/mol. The van der Waals surface area contributed by atoms with Crippen LogP contribution in [0.5, 0.6) is 0 Å². The highest BCUT2D eigenvalue weighted by Gasteiger charge is 2.13. The summed E-state index contributed by atoms with van der Waals surface area (Å²) in [6.07, 6.45) is 3.07. The van der Waals surface area contributed by atoms with Gasteiger partial charge in [-0.1, -0.05) is 25.4 Å². The summed E-state index contributed by atoms with van der Waals surface area (Å²) in [7, 11) is 0. The molecule has 0 aliphatic rings. The van der Waals surface area contributed by atoms with Crippen LogP contribution < -0.4 is 10.6 Å². The summed E-state index contributed by atoms with van der Waals surface area (Å²) in [4.78, 5) is 27.7. The van der Waals surface area contributed by atoms with Crippen LogP contribution in [0.2, 0.25) is 5.15 Å². The molecule has 31 heavy (non-hydrogen) atoms. The zero-order valence-corrected chi connectivity index (χ0v) is 19.3. The Balaban J connectivity index is 1.63. The second kappa shape index (κ2) is 9.93. The van der Waals surface area contributed by atoms with Crippen LogP contribution in [-0.4, -0.2) is 26.6 Å². The number of carbonyl (C=O) groups excluding carboxylic acids is 2. The minimum Gasteiger partial charge on any atom is -0.458 e. The Morgan fingerprint density at radius 2 is 2.13 bits per heavy atom. The number of amides is 2. The number of rotatable bonds is 8. The maximum absolute atomic E-state index is 12.3. The molecule has 2 N–H and O–H groups in total. The van der Waals surface area contributed by atoms with Crippen molar-refractivity contribution in [2.24, 2.45) is 5.92 Å². The number of hydrogen-bond acceptors (Lipinski definition) is 6. The molecule has 0 saturated carbocycles. The highest BCUT2D eigenvalue weighted by molar-refractivity contribution is 7.14. The number of aromatic nitrogens is 3. The summed E-state index contributed by atoms with van der Waals surface area (Å²) >= 11 is 7.69. The van der Waals surface area contributed by atoms with Crippen molar-refractivity contribution in [2.75, 3.05) is 5.32 Å². The molecule has 0 fully saturated rings. The van der Waals surface area contributed by atoms with E-state index < -0.39 is 0 Å². The topological polar surface area (TPSA) is 102 Å². The molecular formula is C21H24ClN5O3S. The van der Waals surface area contributed by atoms with Gasteiger partial charge in [-0.05, 0) is 31.1 Å². The lowest BCUT2D eigenvalue weighted by Crippen LogP contribution is -2.18. The zero-order valence-electron chi connectivity index (χ0n) is 17.7. The lowest BCUT2D eigenvalue weighted by molar-refractivity contribution is -0.119. The molecule has 0 aromatic carbocycles. The number of furan rings is 1. The van der Waals surface area contributed by atoms with Crippen LogP contribution in [0.15, 0.2) is 28.0 Å². The van der Waals surface area contributed by atoms with E-state index in [4.69, 9.17) is 16.0 Å². The smallest absolute Gasteiger partial charge is 0.250 e. The number of hydrogen-bond donors (Lipinski definition) is 2. The summed E-state index contributed by atoms with van der Waals surface area (Å²) in [6.45, 7) is 8.50. The fourth-order valence-electron chi connectivity index (χ4n) is 2.80. The molecule has 3 rings (SSSR count). The average Bonchev–Trinajstić information content (AvgIpc) is 3.39. The Labute approximate surface area is 189 Å². The van der Waals surface area contributed by atoms with Gasteiger partial charge in [-0.15, -0.1) is 11.3 Å². The van der Waals surface area contributed by atoms with Crippen molar-refractivity contribution < 1.29 is 14.0 Å². The van der Waals surface area contributed by atoms with E-state index in [1.807, 2.05) is 6.92 Å². The molecule has 0 spiro atoms. The lowest BCUT2D eigenvalue weighted by atomic mass is 10.2. The van der Waals surface area contributed by atoms with Crippen LogP contribution in [-0.2, 0) is 22.7 Å². The fourth-order valence-corrected chi connectivity index (χ4v) is 3.81. The molecule has 0 aliphatic heterocycles. The SMILES string of the molecule is CC(=O)NCc1ccc(-c2csc(NC(=O)/C=C/c3c(C)nn(CC(C)C)c3Cl)n2)o1. The molecule has 0 aliphatic carbocycles. The van der Waals surface area contributed by atoms with Gasteiger partial charge in [0.25, 0.3) is 0 Å². The van der Waals surface area contributed by atoms with Crippen molar-refractivity contribution in [3.8, 4) is 11.5 Å². The molecule has 3 heterocycles. The van der Waals surface area contributed by atoms with E-state index in [0.717, 1.165) is 11.3 Å². The van der Waals surface area contributed by atoms with Gasteiger partial charge in [0, 0.05) is 30.5 Å². The third kappa shape index (κ3) is 6.05. The average molecular weight is 462 g/mol. The summed E-state index contributed by atoms with van der Waals surface area (Å²) in [5.41, 5.74) is 2.09. The quantitative estimate of drug-likeness (QED) is 0.480. The number of aryl methyl sites for hydroxylation is 1. The fraction of sp³-hybridized carbons (Fsp3) is 0.333. The van der Waals surface area contributed by atoms with Gasteiger partial charge in [-0.25, -0.2) is 4.98 Å². The third-order valence-corrected chi connectivity index (χ3v) is 5.37. The van der Waals surface area contributed by atoms with Gasteiger partial charge in [-0.2, -0.15) is 5.10 Å². The number of nitrogens with one attached hydrogen (secondary N) is 2. The predicted octanol–water partition coefficient (Wildman–Crippen LogP) is 4.51. The van der Waals surface area contributed by atoms with Crippen LogP contribution >= 0.6 is 22.9 Å². The van der Waals surface area contributed by atoms with E-state index in [2.05, 4.69) is 34.6 Å². The molecule has 3 aromatic heterocycles. The summed E-state index contributed by atoms with van der Waals surface area (Å²) < 4.78 is 7.42. The van der Waals surface area contributed by atoms with Crippen LogP contribution in [0.3, 0.4) is 0 Å². The van der Waals surface area contributed by atoms with E-state index >= 15 is 0 Å². The van der Waals surface area contributed by atoms with Crippen molar-refractivity contribution in [2.45, 2.75) is 40.8 Å². The van der Waals surface area contributed by atoms with Crippen molar-refractivity contribution in [3.63, 3.8) is 0 Å². The van der Waals surface area contributed by atoms with Crippen LogP contribution in [0.1, 0.15) is 37.8 Å². The van der Waals surface area contributed by atoms with Gasteiger partial charge in [0.2, 0.25) is 11.8 Å². The number of halogens is 1. The third-order valence-electron chi connectivity index (χ3n) is 4.21. The van der Waals surface area contributed by atoms with Crippen molar-refractivity contribution in [3.05, 3.63) is 45.8 Å². The predicted molar refractivity (Wildman–Crippen MR) is 122 cm³/mol. The Bertz CT molecular complexity index is 1110. The van der Waals surface area contributed by atoms with Gasteiger partial charge in [0.05, 0.1) is 12.2 Å². The van der Waals surface area contributed by atoms with Crippen LogP contribution in [0.25, 0.3) is 17.5 Å². The molecule has 0 unspecified atom stereocenters. The minimum absolute atomic E-state index is 0.131. The van der Waals surface area contributed by atoms with Gasteiger partial charge in [-0.3, -0.25) is 19.6 Å². The first-order chi connectivity index (χ1) is 14.7. The van der Waals surface area contributed by atoms with E-state index in [9.17, 15) is 9.59 Å². The molecule has 0 bridgehead atoms. The maximum Gasteiger partial charge on any atom is 0.250 e. The van der Waals surface area contributed by atoms with Gasteiger partial charge in [0.15, 0.2) is 10.9 Å². The normalized spacial score (nSPS) is 11.4. The minimum atomic E-state index is -0.321. The van der Waals surface area contributed by atoms with Gasteiger partial charge in [0.1, 0.15) is 16.6 Å². The number of carbonyl (C=O) groups is 2. The Hall–Kier alpha value is -2.91. The Morgan fingerprint density at radius 1 is 1.35 bits per heavy atom. The van der Waals surface area contributed by atoms with Gasteiger partial charge < -0.3 is 9.73 Å². The first kappa shape index (κ1) is 22.8. The maximum atomic E-state index is 12.3. The summed E-state index contributed by atoms with van der Waals surface area (Å²) in [6, 6.07) is 3.55. The first-order valence-electron chi connectivity index (χ1n) is 9.74. The first-order valence-corrected chi connectivity index (χ1v) is 11.0. The second-order valence-corrected chi connectivity index (χ2v) is 8.62. The van der Waals surface area contributed by atoms with E-state index in [0.29, 0.717) is 46.5 Å². The molecule has 164 valence electrons.